The zero-order valence-electron chi connectivity index (χ0n) is 7.78. The lowest BCUT2D eigenvalue weighted by molar-refractivity contribution is -0.119. The molecule has 2 heteroatoms. The Morgan fingerprint density at radius 3 is 3.08 bits per heavy atom. The second kappa shape index (κ2) is 3.28. The van der Waals surface area contributed by atoms with Gasteiger partial charge in [0.15, 0.2) is 0 Å². The molecule has 0 aromatic carbocycles. The minimum atomic E-state index is -0.237. The highest BCUT2D eigenvalue weighted by atomic mass is 16.5. The quantitative estimate of drug-likeness (QED) is 0.623. The third-order valence-electron chi connectivity index (χ3n) is 2.89. The zero-order chi connectivity index (χ0) is 9.31. The van der Waals surface area contributed by atoms with Crippen molar-refractivity contribution in [3.8, 4) is 0 Å². The van der Waals surface area contributed by atoms with E-state index in [0.29, 0.717) is 6.42 Å². The van der Waals surface area contributed by atoms with Gasteiger partial charge in [0.2, 0.25) is 0 Å². The number of hydrogen-bond acceptors (Lipinski definition) is 2. The molecule has 3 atom stereocenters. The summed E-state index contributed by atoms with van der Waals surface area (Å²) in [4.78, 5) is 0. The lowest BCUT2D eigenvalue weighted by Gasteiger charge is -2.39. The van der Waals surface area contributed by atoms with Gasteiger partial charge in [0.05, 0.1) is 17.8 Å². The first-order chi connectivity index (χ1) is 6.24. The lowest BCUT2D eigenvalue weighted by atomic mass is 9.89. The van der Waals surface area contributed by atoms with Gasteiger partial charge in [-0.25, -0.2) is 0 Å². The van der Waals surface area contributed by atoms with Crippen molar-refractivity contribution in [1.29, 1.82) is 0 Å². The molecule has 3 unspecified atom stereocenters. The Morgan fingerprint density at radius 1 is 1.62 bits per heavy atom. The van der Waals surface area contributed by atoms with Crippen LogP contribution in [-0.2, 0) is 4.74 Å². The molecular weight excluding hydrogens is 164 g/mol. The molecule has 2 rings (SSSR count). The standard InChI is InChI=1S/C11H16O2/c1-2-10-7-9(12)8-11(13-10)5-3-4-6-11/h2-3,5,9-10,12H,1,4,6-8H2. The Balaban J connectivity index is 2.12. The van der Waals surface area contributed by atoms with Gasteiger partial charge in [0.1, 0.15) is 0 Å². The SMILES string of the molecule is C=CC1CC(O)CC2(C=CCC2)O1. The monoisotopic (exact) mass is 180 g/mol. The maximum absolute atomic E-state index is 9.67. The fraction of sp³-hybridized carbons (Fsp3) is 0.636. The minimum absolute atomic E-state index is 0.0199. The van der Waals surface area contributed by atoms with Crippen LogP contribution in [0.5, 0.6) is 0 Å². The van der Waals surface area contributed by atoms with Crippen molar-refractivity contribution in [2.24, 2.45) is 0 Å². The van der Waals surface area contributed by atoms with E-state index in [4.69, 9.17) is 4.74 Å². The molecule has 0 aromatic rings. The molecule has 2 nitrogen and oxygen atoms in total. The van der Waals surface area contributed by atoms with E-state index in [0.717, 1.165) is 19.3 Å². The van der Waals surface area contributed by atoms with Crippen molar-refractivity contribution >= 4 is 0 Å². The van der Waals surface area contributed by atoms with Gasteiger partial charge in [-0.05, 0) is 12.8 Å². The highest BCUT2D eigenvalue weighted by Gasteiger charge is 2.39. The molecule has 0 aromatic heterocycles. The molecule has 1 heterocycles. The average Bonchev–Trinajstić information content (AvgIpc) is 2.51. The summed E-state index contributed by atoms with van der Waals surface area (Å²) < 4.78 is 5.89. The van der Waals surface area contributed by atoms with Gasteiger partial charge in [-0.2, -0.15) is 0 Å². The van der Waals surface area contributed by atoms with E-state index in [2.05, 4.69) is 18.7 Å². The van der Waals surface area contributed by atoms with E-state index >= 15 is 0 Å². The van der Waals surface area contributed by atoms with E-state index in [1.54, 1.807) is 6.08 Å². The summed E-state index contributed by atoms with van der Waals surface area (Å²) in [5, 5.41) is 9.67. The van der Waals surface area contributed by atoms with Crippen molar-refractivity contribution in [1.82, 2.24) is 0 Å². The van der Waals surface area contributed by atoms with Crippen molar-refractivity contribution < 1.29 is 9.84 Å². The highest BCUT2D eigenvalue weighted by molar-refractivity contribution is 5.13. The summed E-state index contributed by atoms with van der Waals surface area (Å²) in [5.74, 6) is 0. The van der Waals surface area contributed by atoms with Crippen molar-refractivity contribution in [2.45, 2.75) is 43.5 Å². The Kier molecular flexibility index (Phi) is 2.26. The van der Waals surface area contributed by atoms with Gasteiger partial charge < -0.3 is 9.84 Å². The highest BCUT2D eigenvalue weighted by Crippen LogP contribution is 2.37. The molecule has 2 aliphatic rings. The van der Waals surface area contributed by atoms with Crippen LogP contribution in [0.1, 0.15) is 25.7 Å². The van der Waals surface area contributed by atoms with Crippen LogP contribution in [0.3, 0.4) is 0 Å². The van der Waals surface area contributed by atoms with Gasteiger partial charge >= 0.3 is 0 Å². The molecule has 1 aliphatic heterocycles. The molecule has 1 N–H and O–H groups in total. The first-order valence-electron chi connectivity index (χ1n) is 4.90. The Labute approximate surface area is 78.9 Å². The summed E-state index contributed by atoms with van der Waals surface area (Å²) in [5.41, 5.74) is -0.184. The van der Waals surface area contributed by atoms with Gasteiger partial charge in [0, 0.05) is 12.8 Å². The molecule has 13 heavy (non-hydrogen) atoms. The minimum Gasteiger partial charge on any atom is -0.393 e. The molecule has 1 saturated heterocycles. The number of aliphatic hydroxyl groups is 1. The molecular formula is C11H16O2. The van der Waals surface area contributed by atoms with Crippen LogP contribution in [0.15, 0.2) is 24.8 Å². The average molecular weight is 180 g/mol. The molecule has 1 fully saturated rings. The lowest BCUT2D eigenvalue weighted by Crippen LogP contribution is -2.42. The number of rotatable bonds is 1. The third kappa shape index (κ3) is 1.69. The Bertz CT molecular complexity index is 234. The zero-order valence-corrected chi connectivity index (χ0v) is 7.78. The van der Waals surface area contributed by atoms with Crippen molar-refractivity contribution in [3.05, 3.63) is 24.8 Å². The van der Waals surface area contributed by atoms with E-state index < -0.39 is 0 Å². The number of ether oxygens (including phenoxy) is 1. The summed E-state index contributed by atoms with van der Waals surface area (Å²) in [6.45, 7) is 3.71. The summed E-state index contributed by atoms with van der Waals surface area (Å²) in [7, 11) is 0. The summed E-state index contributed by atoms with van der Waals surface area (Å²) in [6.07, 6.45) is 9.32. The summed E-state index contributed by atoms with van der Waals surface area (Å²) >= 11 is 0. The van der Waals surface area contributed by atoms with Crippen LogP contribution in [0.2, 0.25) is 0 Å². The fourth-order valence-electron chi connectivity index (χ4n) is 2.27. The number of hydrogen-bond donors (Lipinski definition) is 1. The van der Waals surface area contributed by atoms with Crippen molar-refractivity contribution in [3.63, 3.8) is 0 Å². The predicted octanol–water partition coefficient (Wildman–Crippen LogP) is 1.80. The normalized spacial score (nSPS) is 44.1. The molecule has 0 amide bonds. The van der Waals surface area contributed by atoms with E-state index in [1.165, 1.54) is 0 Å². The van der Waals surface area contributed by atoms with E-state index in [-0.39, 0.29) is 17.8 Å². The van der Waals surface area contributed by atoms with Crippen LogP contribution >= 0.6 is 0 Å². The summed E-state index contributed by atoms with van der Waals surface area (Å²) in [6, 6.07) is 0. The second-order valence-corrected chi connectivity index (χ2v) is 3.99. The molecule has 0 saturated carbocycles. The smallest absolute Gasteiger partial charge is 0.0898 e. The first kappa shape index (κ1) is 8.97. The van der Waals surface area contributed by atoms with Crippen molar-refractivity contribution in [2.75, 3.05) is 0 Å². The van der Waals surface area contributed by atoms with E-state index in [1.807, 2.05) is 0 Å². The first-order valence-corrected chi connectivity index (χ1v) is 4.90. The van der Waals surface area contributed by atoms with Gasteiger partial charge in [-0.1, -0.05) is 18.2 Å². The third-order valence-corrected chi connectivity index (χ3v) is 2.89. The fourth-order valence-corrected chi connectivity index (χ4v) is 2.27. The van der Waals surface area contributed by atoms with Crippen LogP contribution in [-0.4, -0.2) is 22.9 Å². The van der Waals surface area contributed by atoms with Crippen LogP contribution < -0.4 is 0 Å². The largest absolute Gasteiger partial charge is 0.393 e. The maximum Gasteiger partial charge on any atom is 0.0898 e. The van der Waals surface area contributed by atoms with Crippen LogP contribution in [0.4, 0.5) is 0 Å². The topological polar surface area (TPSA) is 29.5 Å². The molecule has 1 aliphatic carbocycles. The van der Waals surface area contributed by atoms with Gasteiger partial charge in [-0.3, -0.25) is 0 Å². The maximum atomic E-state index is 9.67. The Morgan fingerprint density at radius 2 is 2.46 bits per heavy atom. The van der Waals surface area contributed by atoms with Gasteiger partial charge in [-0.15, -0.1) is 6.58 Å². The molecule has 0 bridgehead atoms. The van der Waals surface area contributed by atoms with Crippen LogP contribution in [0.25, 0.3) is 0 Å². The molecule has 72 valence electrons. The van der Waals surface area contributed by atoms with Gasteiger partial charge in [0.25, 0.3) is 0 Å². The predicted molar refractivity (Wildman–Crippen MR) is 51.4 cm³/mol. The molecule has 0 radical (unpaired) electrons. The number of aliphatic hydroxyl groups excluding tert-OH is 1. The molecule has 1 spiro atoms. The number of allylic oxidation sites excluding steroid dienone is 1. The Hall–Kier alpha value is -0.600. The van der Waals surface area contributed by atoms with E-state index in [9.17, 15) is 5.11 Å². The second-order valence-electron chi connectivity index (χ2n) is 3.99. The van der Waals surface area contributed by atoms with Crippen LogP contribution in [0, 0.1) is 0 Å².